The second-order valence-electron chi connectivity index (χ2n) is 7.00. The molecule has 4 atom stereocenters. The highest BCUT2D eigenvalue weighted by molar-refractivity contribution is 5.53. The average molecular weight is 344 g/mol. The zero-order valence-corrected chi connectivity index (χ0v) is 14.5. The Morgan fingerprint density at radius 1 is 1.16 bits per heavy atom. The molecule has 0 radical (unpaired) electrons. The minimum atomic E-state index is 0.0144. The SMILES string of the molecule is CC(C)CN[C@H]1CO[C@H]2[C@@H]1OC[C@@H]2Nc1nccc(-c2ccco2)n1. The van der Waals surface area contributed by atoms with Crippen LogP contribution in [0.5, 0.6) is 0 Å². The van der Waals surface area contributed by atoms with E-state index < -0.39 is 0 Å². The third kappa shape index (κ3) is 3.53. The maximum absolute atomic E-state index is 5.99. The van der Waals surface area contributed by atoms with Crippen LogP contribution in [0.3, 0.4) is 0 Å². The molecule has 7 heteroatoms. The molecule has 2 N–H and O–H groups in total. The van der Waals surface area contributed by atoms with Crippen molar-refractivity contribution >= 4 is 5.95 Å². The van der Waals surface area contributed by atoms with Crippen LogP contribution in [0.2, 0.25) is 0 Å². The highest BCUT2D eigenvalue weighted by atomic mass is 16.6. The molecule has 2 aliphatic rings. The molecule has 0 aliphatic carbocycles. The van der Waals surface area contributed by atoms with Gasteiger partial charge < -0.3 is 24.5 Å². The number of fused-ring (bicyclic) bond motifs is 1. The lowest BCUT2D eigenvalue weighted by atomic mass is 10.1. The minimum Gasteiger partial charge on any atom is -0.463 e. The molecule has 0 unspecified atom stereocenters. The summed E-state index contributed by atoms with van der Waals surface area (Å²) in [5, 5.41) is 6.90. The van der Waals surface area contributed by atoms with Gasteiger partial charge in [-0.15, -0.1) is 0 Å². The Morgan fingerprint density at radius 2 is 1.96 bits per heavy atom. The maximum Gasteiger partial charge on any atom is 0.223 e. The Labute approximate surface area is 147 Å². The highest BCUT2D eigenvalue weighted by Crippen LogP contribution is 2.29. The quantitative estimate of drug-likeness (QED) is 0.828. The fourth-order valence-corrected chi connectivity index (χ4v) is 3.34. The summed E-state index contributed by atoms with van der Waals surface area (Å²) in [6, 6.07) is 5.84. The van der Waals surface area contributed by atoms with Crippen LogP contribution in [0, 0.1) is 5.92 Å². The van der Waals surface area contributed by atoms with E-state index in [1.807, 2.05) is 18.2 Å². The van der Waals surface area contributed by atoms with Crippen molar-refractivity contribution in [1.82, 2.24) is 15.3 Å². The Morgan fingerprint density at radius 3 is 2.72 bits per heavy atom. The number of anilines is 1. The van der Waals surface area contributed by atoms with Gasteiger partial charge in [0, 0.05) is 6.20 Å². The van der Waals surface area contributed by atoms with Crippen molar-refractivity contribution in [3.8, 4) is 11.5 Å². The fourth-order valence-electron chi connectivity index (χ4n) is 3.34. The molecule has 2 saturated heterocycles. The smallest absolute Gasteiger partial charge is 0.223 e. The van der Waals surface area contributed by atoms with Crippen LogP contribution in [0.4, 0.5) is 5.95 Å². The number of ether oxygens (including phenoxy) is 2. The standard InChI is InChI=1S/C18H24N4O3/c1-11(2)8-20-13-9-24-17-14(10-25-16(13)17)22-18-19-6-5-12(21-18)15-4-3-7-23-15/h3-7,11,13-14,16-17,20H,8-10H2,1-2H3,(H,19,21,22)/t13-,14-,16+,17+/m0/s1. The van der Waals surface area contributed by atoms with E-state index in [1.165, 1.54) is 0 Å². The van der Waals surface area contributed by atoms with Gasteiger partial charge in [0.2, 0.25) is 5.95 Å². The van der Waals surface area contributed by atoms with Gasteiger partial charge in [0.25, 0.3) is 0 Å². The largest absolute Gasteiger partial charge is 0.463 e. The molecule has 0 aromatic carbocycles. The summed E-state index contributed by atoms with van der Waals surface area (Å²) in [6.45, 7) is 6.62. The van der Waals surface area contributed by atoms with E-state index in [9.17, 15) is 0 Å². The Balaban J connectivity index is 1.40. The van der Waals surface area contributed by atoms with Gasteiger partial charge in [-0.2, -0.15) is 0 Å². The Bertz CT molecular complexity index is 691. The van der Waals surface area contributed by atoms with Gasteiger partial charge in [-0.3, -0.25) is 0 Å². The molecule has 2 aromatic heterocycles. The monoisotopic (exact) mass is 344 g/mol. The third-order valence-corrected chi connectivity index (χ3v) is 4.59. The van der Waals surface area contributed by atoms with Gasteiger partial charge in [0.15, 0.2) is 5.76 Å². The van der Waals surface area contributed by atoms with Crippen LogP contribution in [-0.4, -0.2) is 54.0 Å². The van der Waals surface area contributed by atoms with Crippen LogP contribution < -0.4 is 10.6 Å². The second kappa shape index (κ2) is 7.11. The van der Waals surface area contributed by atoms with Crippen molar-refractivity contribution in [3.63, 3.8) is 0 Å². The molecule has 134 valence electrons. The second-order valence-corrected chi connectivity index (χ2v) is 7.00. The predicted molar refractivity (Wildman–Crippen MR) is 93.3 cm³/mol. The lowest BCUT2D eigenvalue weighted by molar-refractivity contribution is 0.0674. The first-order valence-electron chi connectivity index (χ1n) is 8.81. The van der Waals surface area contributed by atoms with Crippen molar-refractivity contribution in [2.75, 3.05) is 25.1 Å². The van der Waals surface area contributed by atoms with Gasteiger partial charge in [-0.05, 0) is 30.7 Å². The summed E-state index contributed by atoms with van der Waals surface area (Å²) >= 11 is 0. The number of rotatable bonds is 6. The first-order chi connectivity index (χ1) is 12.2. The molecule has 0 saturated carbocycles. The number of aromatic nitrogens is 2. The summed E-state index contributed by atoms with van der Waals surface area (Å²) < 4.78 is 17.4. The van der Waals surface area contributed by atoms with Crippen molar-refractivity contribution in [3.05, 3.63) is 30.7 Å². The summed E-state index contributed by atoms with van der Waals surface area (Å²) in [4.78, 5) is 8.84. The maximum atomic E-state index is 5.99. The number of furan rings is 1. The van der Waals surface area contributed by atoms with Crippen molar-refractivity contribution in [2.24, 2.45) is 5.92 Å². The van der Waals surface area contributed by atoms with Gasteiger partial charge in [-0.25, -0.2) is 9.97 Å². The lowest BCUT2D eigenvalue weighted by Crippen LogP contribution is -2.43. The van der Waals surface area contributed by atoms with Crippen LogP contribution in [0.25, 0.3) is 11.5 Å². The molecule has 2 aliphatic heterocycles. The zero-order chi connectivity index (χ0) is 17.2. The lowest BCUT2D eigenvalue weighted by Gasteiger charge is -2.19. The third-order valence-electron chi connectivity index (χ3n) is 4.59. The summed E-state index contributed by atoms with van der Waals surface area (Å²) in [6.07, 6.45) is 3.45. The summed E-state index contributed by atoms with van der Waals surface area (Å²) in [5.74, 6) is 1.89. The van der Waals surface area contributed by atoms with E-state index >= 15 is 0 Å². The predicted octanol–water partition coefficient (Wildman–Crippen LogP) is 1.93. The van der Waals surface area contributed by atoms with E-state index in [0.29, 0.717) is 25.1 Å². The summed E-state index contributed by atoms with van der Waals surface area (Å²) in [5.41, 5.74) is 0.752. The van der Waals surface area contributed by atoms with Crippen molar-refractivity contribution < 1.29 is 13.9 Å². The Hall–Kier alpha value is -1.96. The molecule has 0 bridgehead atoms. The molecule has 7 nitrogen and oxygen atoms in total. The number of hydrogen-bond donors (Lipinski definition) is 2. The van der Waals surface area contributed by atoms with Gasteiger partial charge in [-0.1, -0.05) is 13.8 Å². The van der Waals surface area contributed by atoms with E-state index in [0.717, 1.165) is 18.0 Å². The molecule has 2 aromatic rings. The molecule has 4 rings (SSSR count). The van der Waals surface area contributed by atoms with E-state index in [-0.39, 0.29) is 24.3 Å². The minimum absolute atomic E-state index is 0.0144. The highest BCUT2D eigenvalue weighted by Gasteiger charge is 2.47. The molecule has 0 amide bonds. The molecule has 2 fully saturated rings. The molecule has 25 heavy (non-hydrogen) atoms. The van der Waals surface area contributed by atoms with Gasteiger partial charge in [0.05, 0.1) is 31.6 Å². The molecule has 4 heterocycles. The van der Waals surface area contributed by atoms with Crippen LogP contribution >= 0.6 is 0 Å². The average Bonchev–Trinajstić information content (AvgIpc) is 3.33. The van der Waals surface area contributed by atoms with Crippen LogP contribution in [0.15, 0.2) is 35.1 Å². The van der Waals surface area contributed by atoms with Crippen molar-refractivity contribution in [2.45, 2.75) is 38.1 Å². The Kier molecular flexibility index (Phi) is 4.70. The van der Waals surface area contributed by atoms with Gasteiger partial charge >= 0.3 is 0 Å². The first kappa shape index (κ1) is 16.5. The molecule has 0 spiro atoms. The normalized spacial score (nSPS) is 28.4. The first-order valence-corrected chi connectivity index (χ1v) is 8.81. The zero-order valence-electron chi connectivity index (χ0n) is 14.5. The topological polar surface area (TPSA) is 81.4 Å². The van der Waals surface area contributed by atoms with Crippen LogP contribution in [0.1, 0.15) is 13.8 Å². The van der Waals surface area contributed by atoms with Crippen LogP contribution in [-0.2, 0) is 9.47 Å². The van der Waals surface area contributed by atoms with E-state index in [4.69, 9.17) is 13.9 Å². The van der Waals surface area contributed by atoms with Gasteiger partial charge in [0.1, 0.15) is 17.9 Å². The number of hydrogen-bond acceptors (Lipinski definition) is 7. The van der Waals surface area contributed by atoms with Crippen molar-refractivity contribution in [1.29, 1.82) is 0 Å². The van der Waals surface area contributed by atoms with E-state index in [1.54, 1.807) is 12.5 Å². The molecular weight excluding hydrogens is 320 g/mol. The van der Waals surface area contributed by atoms with E-state index in [2.05, 4.69) is 34.4 Å². The molecular formula is C18H24N4O3. The number of nitrogens with one attached hydrogen (secondary N) is 2. The fraction of sp³-hybridized carbons (Fsp3) is 0.556. The summed E-state index contributed by atoms with van der Waals surface area (Å²) in [7, 11) is 0. The number of nitrogens with zero attached hydrogens (tertiary/aromatic N) is 2.